The van der Waals surface area contributed by atoms with Gasteiger partial charge in [0, 0.05) is 65.6 Å². The second-order valence-electron chi connectivity index (χ2n) is 25.2. The molecule has 6 heteroatoms. The summed E-state index contributed by atoms with van der Waals surface area (Å²) in [6.45, 7) is 27.7. The first-order chi connectivity index (χ1) is 36.1. The molecule has 7 aromatic carbocycles. The minimum atomic E-state index is -0.122. The number of aromatic amines is 2. The molecule has 2 N–H and O–H groups in total. The van der Waals surface area contributed by atoms with Crippen molar-refractivity contribution in [1.82, 2.24) is 19.9 Å². The Hall–Kier alpha value is -7.96. The molecular weight excluding hydrogens is 929 g/mol. The van der Waals surface area contributed by atoms with Crippen molar-refractivity contribution in [3.05, 3.63) is 166 Å². The largest absolute Gasteiger partial charge is 0.496 e. The molecule has 76 heavy (non-hydrogen) atoms. The van der Waals surface area contributed by atoms with Crippen LogP contribution in [-0.4, -0.2) is 34.2 Å². The highest BCUT2D eigenvalue weighted by molar-refractivity contribution is 6.37. The third-order valence-corrected chi connectivity index (χ3v) is 15.9. The van der Waals surface area contributed by atoms with Gasteiger partial charge in [-0.3, -0.25) is 0 Å². The molecule has 0 saturated carbocycles. The van der Waals surface area contributed by atoms with Crippen molar-refractivity contribution in [1.29, 1.82) is 0 Å². The third kappa shape index (κ3) is 8.07. The molecule has 0 spiro atoms. The molecular formula is C70H68N4O2. The van der Waals surface area contributed by atoms with Gasteiger partial charge in [-0.25, -0.2) is 9.97 Å². The molecule has 8 bridgehead atoms. The zero-order valence-corrected chi connectivity index (χ0v) is 46.6. The van der Waals surface area contributed by atoms with Crippen LogP contribution in [0.25, 0.3) is 123 Å². The fraction of sp³-hybridized carbons (Fsp3) is 0.257. The van der Waals surface area contributed by atoms with E-state index in [0.717, 1.165) is 133 Å². The van der Waals surface area contributed by atoms with Crippen LogP contribution in [0.1, 0.15) is 128 Å². The van der Waals surface area contributed by atoms with Crippen molar-refractivity contribution >= 4 is 89.5 Å². The van der Waals surface area contributed by atoms with Crippen LogP contribution in [0.4, 0.5) is 0 Å². The van der Waals surface area contributed by atoms with Crippen LogP contribution in [0.5, 0.6) is 11.5 Å². The lowest BCUT2D eigenvalue weighted by Crippen LogP contribution is -2.16. The molecule has 12 rings (SSSR count). The fourth-order valence-corrected chi connectivity index (χ4v) is 11.6. The molecule has 2 aliphatic heterocycles. The van der Waals surface area contributed by atoms with Gasteiger partial charge in [-0.05, 0) is 138 Å². The zero-order chi connectivity index (χ0) is 53.4. The maximum Gasteiger partial charge on any atom is 0.126 e. The number of fused-ring (bicyclic) bond motifs is 12. The standard InChI is InChI=1S/C70H68N4O2/c1-67(2,3)42-31-40(32-43(35-42)68(4,5)6)61-53-26-24-51(71-53)60(39-19-16-15-17-20-39)52-25-27-55(72-52)62(41-33-44(69(7,8)9)36-45(34-41)70(10,11)12)57-38-50-63-46-21-18-22-58(75-13)48(46)37-49-59(76-14)30-23-47(64(49)63)65(66(50)74-57)56-29-28-54(61)73-56/h15-38,71,74H,1-14H3. The predicted molar refractivity (Wildman–Crippen MR) is 324 cm³/mol. The lowest BCUT2D eigenvalue weighted by molar-refractivity contribution is 0.419. The molecule has 6 nitrogen and oxygen atoms in total. The van der Waals surface area contributed by atoms with Crippen molar-refractivity contribution in [3.63, 3.8) is 0 Å². The van der Waals surface area contributed by atoms with Gasteiger partial charge in [0.2, 0.25) is 0 Å². The molecule has 0 atom stereocenters. The number of nitrogens with zero attached hydrogens (tertiary/aromatic N) is 2. The van der Waals surface area contributed by atoms with Gasteiger partial charge in [-0.15, -0.1) is 0 Å². The van der Waals surface area contributed by atoms with Crippen LogP contribution in [0.3, 0.4) is 0 Å². The van der Waals surface area contributed by atoms with Crippen molar-refractivity contribution in [2.24, 2.45) is 0 Å². The topological polar surface area (TPSA) is 75.8 Å². The van der Waals surface area contributed by atoms with Crippen LogP contribution in [0.2, 0.25) is 0 Å². The number of hydrogen-bond acceptors (Lipinski definition) is 4. The van der Waals surface area contributed by atoms with E-state index in [1.807, 2.05) is 6.07 Å². The van der Waals surface area contributed by atoms with Gasteiger partial charge in [0.05, 0.1) is 42.5 Å². The number of aromatic nitrogens is 4. The number of benzene rings is 7. The van der Waals surface area contributed by atoms with E-state index in [1.54, 1.807) is 14.2 Å². The second-order valence-corrected chi connectivity index (χ2v) is 25.2. The van der Waals surface area contributed by atoms with Crippen molar-refractivity contribution in [2.75, 3.05) is 14.2 Å². The van der Waals surface area contributed by atoms with Gasteiger partial charge >= 0.3 is 0 Å². The molecule has 0 saturated heterocycles. The summed E-state index contributed by atoms with van der Waals surface area (Å²) >= 11 is 0. The lowest BCUT2D eigenvalue weighted by Gasteiger charge is -2.26. The molecule has 0 fully saturated rings. The number of ether oxygens (including phenoxy) is 2. The number of nitrogens with one attached hydrogen (secondary N) is 2. The molecule has 10 aromatic rings. The lowest BCUT2D eigenvalue weighted by atomic mass is 9.78. The van der Waals surface area contributed by atoms with E-state index in [9.17, 15) is 0 Å². The Balaban J connectivity index is 1.36. The molecule has 0 radical (unpaired) electrons. The van der Waals surface area contributed by atoms with Gasteiger partial charge in [-0.1, -0.05) is 162 Å². The maximum atomic E-state index is 6.24. The highest BCUT2D eigenvalue weighted by atomic mass is 16.5. The Morgan fingerprint density at radius 3 is 1.34 bits per heavy atom. The van der Waals surface area contributed by atoms with Crippen molar-refractivity contribution < 1.29 is 9.47 Å². The number of hydrogen-bond donors (Lipinski definition) is 2. The van der Waals surface area contributed by atoms with Crippen LogP contribution < -0.4 is 9.47 Å². The van der Waals surface area contributed by atoms with Crippen molar-refractivity contribution in [2.45, 2.75) is 105 Å². The molecule has 5 heterocycles. The SMILES string of the molecule is COc1cccc2c1cc1c(OC)ccc3c4c5nc(c(-c6cc(C(C)(C)C)cc(C(C)(C)C)c6)c6ccc([nH]6)c(-c6ccccc6)c6nc(c(-c7cc(C(C)(C)C)cc(C(C)(C)C)c7)c7cc(c4[nH]7)c2c13)C=C6)C=C5. The molecule has 0 unspecified atom stereocenters. The highest BCUT2D eigenvalue weighted by Crippen LogP contribution is 2.49. The fourth-order valence-electron chi connectivity index (χ4n) is 11.6. The first-order valence-electron chi connectivity index (χ1n) is 26.8. The monoisotopic (exact) mass is 997 g/mol. The van der Waals surface area contributed by atoms with Crippen LogP contribution in [0, 0.1) is 0 Å². The van der Waals surface area contributed by atoms with E-state index in [4.69, 9.17) is 19.4 Å². The number of rotatable bonds is 5. The molecule has 0 aliphatic carbocycles. The van der Waals surface area contributed by atoms with Crippen LogP contribution in [0.15, 0.2) is 121 Å². The van der Waals surface area contributed by atoms with Crippen LogP contribution in [-0.2, 0) is 21.7 Å². The van der Waals surface area contributed by atoms with Crippen LogP contribution >= 0.6 is 0 Å². The molecule has 2 aliphatic rings. The minimum Gasteiger partial charge on any atom is -0.496 e. The average Bonchev–Trinajstić information content (AvgIpc) is 4.29. The summed E-state index contributed by atoms with van der Waals surface area (Å²) in [6, 6.07) is 44.8. The summed E-state index contributed by atoms with van der Waals surface area (Å²) in [4.78, 5) is 19.8. The third-order valence-electron chi connectivity index (χ3n) is 15.9. The quantitative estimate of drug-likeness (QED) is 0.133. The first-order valence-corrected chi connectivity index (χ1v) is 26.8. The zero-order valence-electron chi connectivity index (χ0n) is 46.6. The summed E-state index contributed by atoms with van der Waals surface area (Å²) in [5.74, 6) is 1.61. The van der Waals surface area contributed by atoms with E-state index >= 15 is 0 Å². The van der Waals surface area contributed by atoms with Gasteiger partial charge in [0.25, 0.3) is 0 Å². The van der Waals surface area contributed by atoms with Gasteiger partial charge < -0.3 is 19.4 Å². The highest BCUT2D eigenvalue weighted by Gasteiger charge is 2.28. The summed E-state index contributed by atoms with van der Waals surface area (Å²) in [5, 5.41) is 8.56. The number of methoxy groups -OCH3 is 2. The molecule has 380 valence electrons. The maximum absolute atomic E-state index is 6.24. The van der Waals surface area contributed by atoms with E-state index in [1.165, 1.54) is 22.3 Å². The van der Waals surface area contributed by atoms with E-state index < -0.39 is 0 Å². The molecule has 0 amide bonds. The Morgan fingerprint density at radius 2 is 0.816 bits per heavy atom. The minimum absolute atomic E-state index is 0.102. The number of H-pyrrole nitrogens is 2. The Kier molecular flexibility index (Phi) is 11.1. The van der Waals surface area contributed by atoms with E-state index in [2.05, 4.69) is 233 Å². The summed E-state index contributed by atoms with van der Waals surface area (Å²) in [6.07, 6.45) is 8.86. The van der Waals surface area contributed by atoms with E-state index in [0.29, 0.717) is 0 Å². The van der Waals surface area contributed by atoms with Gasteiger partial charge in [0.15, 0.2) is 0 Å². The Bertz CT molecular complexity index is 4200. The van der Waals surface area contributed by atoms with Gasteiger partial charge in [-0.2, -0.15) is 0 Å². The smallest absolute Gasteiger partial charge is 0.126 e. The first kappa shape index (κ1) is 48.9. The summed E-state index contributed by atoms with van der Waals surface area (Å²) in [5.41, 5.74) is 18.5. The Labute approximate surface area is 446 Å². The van der Waals surface area contributed by atoms with E-state index in [-0.39, 0.29) is 21.7 Å². The average molecular weight is 997 g/mol. The summed E-state index contributed by atoms with van der Waals surface area (Å²) in [7, 11) is 3.51. The predicted octanol–water partition coefficient (Wildman–Crippen LogP) is 18.9. The normalized spacial score (nSPS) is 13.3. The Morgan fingerprint density at radius 1 is 0.342 bits per heavy atom. The molecule has 3 aromatic heterocycles. The summed E-state index contributed by atoms with van der Waals surface area (Å²) < 4.78 is 12.4. The van der Waals surface area contributed by atoms with Crippen molar-refractivity contribution in [3.8, 4) is 44.9 Å². The second kappa shape index (κ2) is 17.3. The van der Waals surface area contributed by atoms with Gasteiger partial charge in [0.1, 0.15) is 11.5 Å².